The standard InChI is InChI=1S/C29H27N5O8/c1-16-6-5-7-20(12-16)34-28(38)21(27(37)32-29(34)39)15-30-33-26(36)17-8-10-19(11-9-17)31-25(35)18-13-22(40-2)24(42-4)23(14-18)41-3/h5-15,21H,1-4H3,(H,31,35)(H,33,36)(H,32,37,39)/b30-15-/t21-/m1/s1. The van der Waals surface area contributed by atoms with Crippen molar-refractivity contribution in [1.82, 2.24) is 10.7 Å². The molecule has 3 aromatic rings. The Morgan fingerprint density at radius 1 is 0.881 bits per heavy atom. The highest BCUT2D eigenvalue weighted by Gasteiger charge is 2.40. The second-order valence-corrected chi connectivity index (χ2v) is 8.95. The number of anilines is 2. The van der Waals surface area contributed by atoms with E-state index in [1.54, 1.807) is 31.2 Å². The highest BCUT2D eigenvalue weighted by atomic mass is 16.5. The van der Waals surface area contributed by atoms with Gasteiger partial charge in [0.2, 0.25) is 11.7 Å². The first-order chi connectivity index (χ1) is 20.2. The average Bonchev–Trinajstić information content (AvgIpc) is 2.98. The van der Waals surface area contributed by atoms with Gasteiger partial charge in [-0.1, -0.05) is 12.1 Å². The lowest BCUT2D eigenvalue weighted by Gasteiger charge is -2.28. The Morgan fingerprint density at radius 2 is 1.55 bits per heavy atom. The van der Waals surface area contributed by atoms with Crippen LogP contribution < -0.4 is 35.2 Å². The van der Waals surface area contributed by atoms with Crippen molar-refractivity contribution in [2.75, 3.05) is 31.5 Å². The van der Waals surface area contributed by atoms with Crippen LogP contribution in [-0.2, 0) is 9.59 Å². The molecule has 0 saturated carbocycles. The fraction of sp³-hybridized carbons (Fsp3) is 0.172. The van der Waals surface area contributed by atoms with Gasteiger partial charge in [0.15, 0.2) is 17.4 Å². The van der Waals surface area contributed by atoms with Crippen LogP contribution in [-0.4, -0.2) is 57.2 Å². The number of nitrogens with one attached hydrogen (secondary N) is 3. The maximum absolute atomic E-state index is 12.9. The Bertz CT molecular complexity index is 1560. The van der Waals surface area contributed by atoms with Crippen LogP contribution in [0.25, 0.3) is 0 Å². The van der Waals surface area contributed by atoms with Crippen LogP contribution in [0.1, 0.15) is 26.3 Å². The van der Waals surface area contributed by atoms with Gasteiger partial charge < -0.3 is 19.5 Å². The molecular weight excluding hydrogens is 546 g/mol. The van der Waals surface area contributed by atoms with E-state index in [9.17, 15) is 24.0 Å². The Morgan fingerprint density at radius 3 is 2.14 bits per heavy atom. The summed E-state index contributed by atoms with van der Waals surface area (Å²) in [6.07, 6.45) is 0.955. The zero-order chi connectivity index (χ0) is 30.4. The largest absolute Gasteiger partial charge is 0.493 e. The van der Waals surface area contributed by atoms with Gasteiger partial charge in [-0.3, -0.25) is 24.5 Å². The Balaban J connectivity index is 1.40. The molecule has 1 atom stereocenters. The van der Waals surface area contributed by atoms with Crippen LogP contribution in [0.5, 0.6) is 17.2 Å². The van der Waals surface area contributed by atoms with Crippen LogP contribution >= 0.6 is 0 Å². The second kappa shape index (κ2) is 12.6. The van der Waals surface area contributed by atoms with Crippen molar-refractivity contribution < 1.29 is 38.2 Å². The number of ether oxygens (including phenoxy) is 3. The normalized spacial score (nSPS) is 14.8. The molecule has 0 aromatic heterocycles. The lowest BCUT2D eigenvalue weighted by Crippen LogP contribution is -2.58. The number of aryl methyl sites for hydroxylation is 1. The van der Waals surface area contributed by atoms with Crippen LogP contribution in [0, 0.1) is 12.8 Å². The maximum atomic E-state index is 12.9. The van der Waals surface area contributed by atoms with Gasteiger partial charge in [-0.2, -0.15) is 5.10 Å². The number of urea groups is 1. The van der Waals surface area contributed by atoms with Crippen LogP contribution in [0.4, 0.5) is 16.2 Å². The summed E-state index contributed by atoms with van der Waals surface area (Å²) in [6, 6.07) is 14.7. The van der Waals surface area contributed by atoms with E-state index in [1.807, 2.05) is 0 Å². The molecule has 3 N–H and O–H groups in total. The second-order valence-electron chi connectivity index (χ2n) is 8.95. The molecule has 0 bridgehead atoms. The Hall–Kier alpha value is -5.72. The van der Waals surface area contributed by atoms with Crippen molar-refractivity contribution in [1.29, 1.82) is 0 Å². The van der Waals surface area contributed by atoms with Gasteiger partial charge in [-0.05, 0) is 61.0 Å². The third-order valence-electron chi connectivity index (χ3n) is 6.18. The van der Waals surface area contributed by atoms with Gasteiger partial charge in [0, 0.05) is 23.0 Å². The predicted molar refractivity (Wildman–Crippen MR) is 152 cm³/mol. The third kappa shape index (κ3) is 6.20. The average molecular weight is 574 g/mol. The molecule has 1 aliphatic rings. The minimum Gasteiger partial charge on any atom is -0.493 e. The first-order valence-corrected chi connectivity index (χ1v) is 12.5. The van der Waals surface area contributed by atoms with Crippen molar-refractivity contribution in [2.45, 2.75) is 6.92 Å². The van der Waals surface area contributed by atoms with E-state index >= 15 is 0 Å². The summed E-state index contributed by atoms with van der Waals surface area (Å²) in [5.41, 5.74) is 4.21. The van der Waals surface area contributed by atoms with Gasteiger partial charge in [-0.15, -0.1) is 0 Å². The topological polar surface area (TPSA) is 165 Å². The number of hydrogen-bond donors (Lipinski definition) is 3. The number of amides is 6. The first-order valence-electron chi connectivity index (χ1n) is 12.5. The van der Waals surface area contributed by atoms with Gasteiger partial charge in [0.25, 0.3) is 17.7 Å². The molecule has 13 heteroatoms. The zero-order valence-electron chi connectivity index (χ0n) is 23.1. The van der Waals surface area contributed by atoms with E-state index in [-0.39, 0.29) is 11.1 Å². The minimum absolute atomic E-state index is 0.189. The molecule has 0 radical (unpaired) electrons. The van der Waals surface area contributed by atoms with Crippen LogP contribution in [0.3, 0.4) is 0 Å². The SMILES string of the molecule is COc1cc(C(=O)Nc2ccc(C(=O)N/N=C\[C@@H]3C(=O)NC(=O)N(c4cccc(C)c4)C3=O)cc2)cc(OC)c1OC. The van der Waals surface area contributed by atoms with Crippen molar-refractivity contribution in [3.05, 3.63) is 77.4 Å². The molecule has 1 heterocycles. The molecule has 216 valence electrons. The highest BCUT2D eigenvalue weighted by molar-refractivity contribution is 6.32. The Labute approximate surface area is 240 Å². The van der Waals surface area contributed by atoms with Gasteiger partial charge in [-0.25, -0.2) is 15.1 Å². The predicted octanol–water partition coefficient (Wildman–Crippen LogP) is 2.89. The number of carbonyl (C=O) groups is 5. The van der Waals surface area contributed by atoms with E-state index in [0.29, 0.717) is 28.6 Å². The smallest absolute Gasteiger partial charge is 0.335 e. The molecule has 4 rings (SSSR count). The third-order valence-corrected chi connectivity index (χ3v) is 6.18. The van der Waals surface area contributed by atoms with Gasteiger partial charge in [0.05, 0.1) is 27.0 Å². The number of rotatable bonds is 9. The summed E-state index contributed by atoms with van der Waals surface area (Å²) in [6.45, 7) is 1.80. The lowest BCUT2D eigenvalue weighted by atomic mass is 10.1. The van der Waals surface area contributed by atoms with E-state index in [2.05, 4.69) is 21.2 Å². The van der Waals surface area contributed by atoms with Crippen LogP contribution in [0.2, 0.25) is 0 Å². The van der Waals surface area contributed by atoms with E-state index in [0.717, 1.165) is 16.7 Å². The number of methoxy groups -OCH3 is 3. The quantitative estimate of drug-likeness (QED) is 0.200. The van der Waals surface area contributed by atoms with E-state index < -0.39 is 35.6 Å². The van der Waals surface area contributed by atoms with Crippen molar-refractivity contribution >= 4 is 47.2 Å². The van der Waals surface area contributed by atoms with Crippen LogP contribution in [0.15, 0.2) is 65.8 Å². The zero-order valence-corrected chi connectivity index (χ0v) is 23.1. The molecule has 0 spiro atoms. The number of nitrogens with zero attached hydrogens (tertiary/aromatic N) is 2. The summed E-state index contributed by atoms with van der Waals surface area (Å²) in [4.78, 5) is 63.8. The molecule has 0 aliphatic carbocycles. The first kappa shape index (κ1) is 29.3. The van der Waals surface area contributed by atoms with Crippen molar-refractivity contribution in [3.63, 3.8) is 0 Å². The highest BCUT2D eigenvalue weighted by Crippen LogP contribution is 2.38. The monoisotopic (exact) mass is 573 g/mol. The molecule has 1 fully saturated rings. The number of hydrogen-bond acceptors (Lipinski definition) is 9. The number of hydrazone groups is 1. The summed E-state index contributed by atoms with van der Waals surface area (Å²) < 4.78 is 15.8. The number of carbonyl (C=O) groups excluding carboxylic acids is 5. The molecule has 13 nitrogen and oxygen atoms in total. The van der Waals surface area contributed by atoms with Gasteiger partial charge >= 0.3 is 6.03 Å². The summed E-state index contributed by atoms with van der Waals surface area (Å²) in [5, 5.41) is 8.59. The fourth-order valence-corrected chi connectivity index (χ4v) is 4.09. The number of imide groups is 2. The number of benzene rings is 3. The number of barbiturate groups is 1. The molecule has 42 heavy (non-hydrogen) atoms. The van der Waals surface area contributed by atoms with E-state index in [1.165, 1.54) is 57.7 Å². The lowest BCUT2D eigenvalue weighted by molar-refractivity contribution is -0.131. The molecule has 6 amide bonds. The molecule has 1 aliphatic heterocycles. The minimum atomic E-state index is -1.43. The van der Waals surface area contributed by atoms with E-state index in [4.69, 9.17) is 14.2 Å². The molecule has 1 saturated heterocycles. The van der Waals surface area contributed by atoms with Crippen molar-refractivity contribution in [2.24, 2.45) is 11.0 Å². The summed E-state index contributed by atoms with van der Waals surface area (Å²) >= 11 is 0. The molecular formula is C29H27N5O8. The molecule has 3 aromatic carbocycles. The summed E-state index contributed by atoms with van der Waals surface area (Å²) in [7, 11) is 4.34. The Kier molecular flexibility index (Phi) is 8.81. The maximum Gasteiger partial charge on any atom is 0.335 e. The van der Waals surface area contributed by atoms with Gasteiger partial charge in [0.1, 0.15) is 0 Å². The molecule has 0 unspecified atom stereocenters. The van der Waals surface area contributed by atoms with Crippen molar-refractivity contribution in [3.8, 4) is 17.2 Å². The fourth-order valence-electron chi connectivity index (χ4n) is 4.09. The summed E-state index contributed by atoms with van der Waals surface area (Å²) in [5.74, 6) is -3.21.